The quantitative estimate of drug-likeness (QED) is 0.714. The molecule has 0 bridgehead atoms. The highest BCUT2D eigenvalue weighted by Crippen LogP contribution is 2.39. The first kappa shape index (κ1) is 19.9. The Kier molecular flexibility index (Phi) is 6.30. The van der Waals surface area contributed by atoms with E-state index in [4.69, 9.17) is 14.2 Å². The molecule has 3 rings (SSSR count). The molecule has 0 saturated heterocycles. The Bertz CT molecular complexity index is 904. The van der Waals surface area contributed by atoms with Crippen LogP contribution in [-0.4, -0.2) is 38.2 Å². The summed E-state index contributed by atoms with van der Waals surface area (Å²) in [6.45, 7) is 1.75. The molecule has 148 valence electrons. The van der Waals surface area contributed by atoms with Crippen molar-refractivity contribution in [3.05, 3.63) is 45.8 Å². The van der Waals surface area contributed by atoms with Crippen LogP contribution in [-0.2, 0) is 27.1 Å². The van der Waals surface area contributed by atoms with Crippen molar-refractivity contribution in [1.82, 2.24) is 0 Å². The van der Waals surface area contributed by atoms with E-state index in [1.165, 1.54) is 18.4 Å². The van der Waals surface area contributed by atoms with Gasteiger partial charge in [0.15, 0.2) is 6.61 Å². The Morgan fingerprint density at radius 2 is 1.93 bits per heavy atom. The van der Waals surface area contributed by atoms with Gasteiger partial charge < -0.3 is 19.5 Å². The van der Waals surface area contributed by atoms with Crippen molar-refractivity contribution in [2.24, 2.45) is 0 Å². The lowest BCUT2D eigenvalue weighted by molar-refractivity contribution is -0.119. The molecular formula is C20H21NO6S. The van der Waals surface area contributed by atoms with Crippen molar-refractivity contribution in [2.75, 3.05) is 25.6 Å². The largest absolute Gasteiger partial charge is 0.493 e. The number of hydrogen-bond donors (Lipinski definition) is 1. The number of methoxy groups -OCH3 is 1. The molecule has 1 amide bonds. The highest BCUT2D eigenvalue weighted by Gasteiger charge is 2.28. The van der Waals surface area contributed by atoms with Gasteiger partial charge in [0.1, 0.15) is 16.3 Å². The minimum Gasteiger partial charge on any atom is -0.493 e. The third kappa shape index (κ3) is 4.17. The number of nitrogens with one attached hydrogen (secondary N) is 1. The average Bonchev–Trinajstić information content (AvgIpc) is 3.27. The fourth-order valence-corrected chi connectivity index (χ4v) is 4.39. The molecule has 1 aliphatic rings. The van der Waals surface area contributed by atoms with Crippen molar-refractivity contribution >= 4 is 34.2 Å². The molecule has 0 atom stereocenters. The number of benzene rings is 1. The lowest BCUT2D eigenvalue weighted by Gasteiger charge is -2.10. The molecule has 0 fully saturated rings. The van der Waals surface area contributed by atoms with Gasteiger partial charge in [0, 0.05) is 4.88 Å². The zero-order valence-electron chi connectivity index (χ0n) is 15.7. The first-order chi connectivity index (χ1) is 13.5. The fraction of sp³-hybridized carbons (Fsp3) is 0.350. The number of fused-ring (bicyclic) bond motifs is 1. The van der Waals surface area contributed by atoms with Crippen LogP contribution in [0.15, 0.2) is 24.3 Å². The molecule has 2 aromatic rings. The Labute approximate surface area is 166 Å². The molecule has 0 aliphatic heterocycles. The maximum absolute atomic E-state index is 12.3. The maximum Gasteiger partial charge on any atom is 0.342 e. The fourth-order valence-electron chi connectivity index (χ4n) is 3.10. The van der Waals surface area contributed by atoms with Crippen molar-refractivity contribution < 1.29 is 28.6 Å². The van der Waals surface area contributed by atoms with Crippen LogP contribution in [0.5, 0.6) is 5.75 Å². The molecule has 0 radical (unpaired) electrons. The molecule has 0 spiro atoms. The SMILES string of the molecule is CCOc1ccccc1C(=O)OCC(=O)Nc1sc2c(c1C(=O)OC)CCC2. The summed E-state index contributed by atoms with van der Waals surface area (Å²) in [4.78, 5) is 37.8. The van der Waals surface area contributed by atoms with Gasteiger partial charge in [-0.25, -0.2) is 9.59 Å². The van der Waals surface area contributed by atoms with E-state index in [0.717, 1.165) is 29.7 Å². The summed E-state index contributed by atoms with van der Waals surface area (Å²) >= 11 is 1.37. The van der Waals surface area contributed by atoms with Crippen LogP contribution in [0.1, 0.15) is 44.5 Å². The van der Waals surface area contributed by atoms with Crippen LogP contribution in [0.4, 0.5) is 5.00 Å². The lowest BCUT2D eigenvalue weighted by atomic mass is 10.1. The third-order valence-corrected chi connectivity index (χ3v) is 5.51. The van der Waals surface area contributed by atoms with E-state index < -0.39 is 24.5 Å². The van der Waals surface area contributed by atoms with E-state index in [2.05, 4.69) is 5.32 Å². The van der Waals surface area contributed by atoms with Gasteiger partial charge in [-0.2, -0.15) is 0 Å². The van der Waals surface area contributed by atoms with Gasteiger partial charge in [0.05, 0.1) is 19.3 Å². The molecule has 0 unspecified atom stereocenters. The van der Waals surface area contributed by atoms with E-state index in [-0.39, 0.29) is 5.56 Å². The normalized spacial score (nSPS) is 12.2. The molecule has 1 aromatic carbocycles. The third-order valence-electron chi connectivity index (χ3n) is 4.30. The molecule has 1 heterocycles. The predicted octanol–water partition coefficient (Wildman–Crippen LogP) is 3.22. The lowest BCUT2D eigenvalue weighted by Crippen LogP contribution is -2.22. The van der Waals surface area contributed by atoms with Gasteiger partial charge in [-0.3, -0.25) is 4.79 Å². The highest BCUT2D eigenvalue weighted by molar-refractivity contribution is 7.17. The molecule has 1 aromatic heterocycles. The summed E-state index contributed by atoms with van der Waals surface area (Å²) < 4.78 is 15.4. The molecular weight excluding hydrogens is 382 g/mol. The van der Waals surface area contributed by atoms with Gasteiger partial charge in [-0.1, -0.05) is 12.1 Å². The standard InChI is InChI=1S/C20H21NO6S/c1-3-26-14-9-5-4-7-12(14)19(23)27-11-16(22)21-18-17(20(24)25-2)13-8-6-10-15(13)28-18/h4-5,7,9H,3,6,8,10-11H2,1-2H3,(H,21,22). The van der Waals surface area contributed by atoms with Crippen molar-refractivity contribution in [1.29, 1.82) is 0 Å². The number of para-hydroxylation sites is 1. The Hall–Kier alpha value is -2.87. The number of rotatable bonds is 7. The minimum atomic E-state index is -0.652. The molecule has 8 heteroatoms. The summed E-state index contributed by atoms with van der Waals surface area (Å²) in [6, 6.07) is 6.67. The second-order valence-corrected chi connectivity index (χ2v) is 7.21. The van der Waals surface area contributed by atoms with Gasteiger partial charge >= 0.3 is 11.9 Å². The summed E-state index contributed by atoms with van der Waals surface area (Å²) in [7, 11) is 1.31. The molecule has 1 N–H and O–H groups in total. The van der Waals surface area contributed by atoms with Gasteiger partial charge in [0.2, 0.25) is 0 Å². The Morgan fingerprint density at radius 1 is 1.14 bits per heavy atom. The molecule has 1 aliphatic carbocycles. The summed E-state index contributed by atoms with van der Waals surface area (Å²) in [5.74, 6) is -1.25. The van der Waals surface area contributed by atoms with E-state index in [1.54, 1.807) is 24.3 Å². The number of carbonyl (C=O) groups excluding carboxylic acids is 3. The number of amides is 1. The van der Waals surface area contributed by atoms with Crippen LogP contribution in [0.3, 0.4) is 0 Å². The van der Waals surface area contributed by atoms with Gasteiger partial charge in [-0.15, -0.1) is 11.3 Å². The van der Waals surface area contributed by atoms with Crippen LogP contribution >= 0.6 is 11.3 Å². The number of esters is 2. The van der Waals surface area contributed by atoms with Crippen LogP contribution in [0.2, 0.25) is 0 Å². The zero-order chi connectivity index (χ0) is 20.1. The van der Waals surface area contributed by atoms with E-state index >= 15 is 0 Å². The number of hydrogen-bond acceptors (Lipinski definition) is 7. The monoisotopic (exact) mass is 403 g/mol. The minimum absolute atomic E-state index is 0.252. The zero-order valence-corrected chi connectivity index (χ0v) is 16.5. The van der Waals surface area contributed by atoms with Gasteiger partial charge in [0.25, 0.3) is 5.91 Å². The molecule has 28 heavy (non-hydrogen) atoms. The number of anilines is 1. The number of carbonyl (C=O) groups is 3. The van der Waals surface area contributed by atoms with Crippen LogP contribution < -0.4 is 10.1 Å². The predicted molar refractivity (Wildman–Crippen MR) is 104 cm³/mol. The molecule has 7 nitrogen and oxygen atoms in total. The van der Waals surface area contributed by atoms with Crippen molar-refractivity contribution in [2.45, 2.75) is 26.2 Å². The summed E-state index contributed by atoms with van der Waals surface area (Å²) in [5.41, 5.74) is 1.60. The number of aryl methyl sites for hydroxylation is 1. The van der Waals surface area contributed by atoms with Crippen molar-refractivity contribution in [3.8, 4) is 5.75 Å². The Morgan fingerprint density at radius 3 is 2.68 bits per heavy atom. The van der Waals surface area contributed by atoms with E-state index in [9.17, 15) is 14.4 Å². The topological polar surface area (TPSA) is 90.9 Å². The van der Waals surface area contributed by atoms with E-state index in [1.807, 2.05) is 6.92 Å². The average molecular weight is 403 g/mol. The summed E-state index contributed by atoms with van der Waals surface area (Å²) in [5, 5.41) is 3.11. The Balaban J connectivity index is 1.66. The second kappa shape index (κ2) is 8.88. The van der Waals surface area contributed by atoms with Crippen LogP contribution in [0, 0.1) is 0 Å². The second-order valence-electron chi connectivity index (χ2n) is 6.11. The summed E-state index contributed by atoms with van der Waals surface area (Å²) in [6.07, 6.45) is 2.65. The van der Waals surface area contributed by atoms with Crippen LogP contribution in [0.25, 0.3) is 0 Å². The number of thiophene rings is 1. The first-order valence-electron chi connectivity index (χ1n) is 8.96. The van der Waals surface area contributed by atoms with E-state index in [0.29, 0.717) is 22.9 Å². The maximum atomic E-state index is 12.3. The molecule has 0 saturated carbocycles. The van der Waals surface area contributed by atoms with Crippen molar-refractivity contribution in [3.63, 3.8) is 0 Å². The van der Waals surface area contributed by atoms with Gasteiger partial charge in [-0.05, 0) is 43.9 Å². The highest BCUT2D eigenvalue weighted by atomic mass is 32.1. The first-order valence-corrected chi connectivity index (χ1v) is 9.78. The smallest absolute Gasteiger partial charge is 0.342 e. The number of ether oxygens (including phenoxy) is 3.